The van der Waals surface area contributed by atoms with Gasteiger partial charge in [-0.1, -0.05) is 60.7 Å². The van der Waals surface area contributed by atoms with Crippen LogP contribution in [0.1, 0.15) is 30.9 Å². The molecule has 0 spiro atoms. The lowest BCUT2D eigenvalue weighted by molar-refractivity contribution is -0.128. The number of carbonyl (C=O) groups excluding carboxylic acids is 3. The number of carbonyl (C=O) groups is 3. The van der Waals surface area contributed by atoms with E-state index in [9.17, 15) is 14.4 Å². The number of nitrogens with two attached hydrogens (primary N) is 2. The molecule has 0 fully saturated rings. The molecule has 0 aliphatic carbocycles. The first kappa shape index (κ1) is 28.3. The topological polar surface area (TPSA) is 175 Å². The Balaban J connectivity index is 2.08. The molecule has 9 N–H and O–H groups in total. The maximum Gasteiger partial charge on any atom is 0.240 e. The van der Waals surface area contributed by atoms with Crippen LogP contribution in [0.5, 0.6) is 0 Å². The molecule has 0 aliphatic rings. The predicted molar refractivity (Wildman–Crippen MR) is 140 cm³/mol. The van der Waals surface area contributed by atoms with Gasteiger partial charge < -0.3 is 32.7 Å². The monoisotopic (exact) mass is 495 g/mol. The van der Waals surface area contributed by atoms with E-state index in [0.29, 0.717) is 32.4 Å². The number of hydrogen-bond donors (Lipinski definition) is 7. The quantitative estimate of drug-likeness (QED) is 0.105. The molecule has 0 radical (unpaired) electrons. The molecule has 0 heterocycles. The first-order chi connectivity index (χ1) is 17.2. The van der Waals surface area contributed by atoms with Crippen molar-refractivity contribution in [1.82, 2.24) is 21.3 Å². The lowest BCUT2D eigenvalue weighted by Crippen LogP contribution is -2.55. The second-order valence-corrected chi connectivity index (χ2v) is 8.68. The summed E-state index contributed by atoms with van der Waals surface area (Å²) in [5.41, 5.74) is 12.9. The average molecular weight is 496 g/mol. The number of amides is 3. The number of guanidine groups is 1. The van der Waals surface area contributed by atoms with Gasteiger partial charge in [0.1, 0.15) is 6.04 Å². The fourth-order valence-electron chi connectivity index (χ4n) is 3.84. The molecular formula is C26H37N7O3. The number of primary amides is 1. The van der Waals surface area contributed by atoms with Crippen molar-refractivity contribution in [2.75, 3.05) is 13.1 Å². The van der Waals surface area contributed by atoms with Crippen molar-refractivity contribution in [1.29, 1.82) is 5.41 Å². The fourth-order valence-corrected chi connectivity index (χ4v) is 3.84. The van der Waals surface area contributed by atoms with Crippen molar-refractivity contribution in [2.45, 2.75) is 50.7 Å². The molecular weight excluding hydrogens is 458 g/mol. The van der Waals surface area contributed by atoms with E-state index in [0.717, 1.165) is 11.1 Å². The Labute approximate surface area is 212 Å². The molecule has 2 aromatic rings. The molecule has 0 aromatic heterocycles. The summed E-state index contributed by atoms with van der Waals surface area (Å²) in [6.45, 7) is 2.21. The van der Waals surface area contributed by atoms with E-state index in [2.05, 4.69) is 21.3 Å². The number of nitrogens with one attached hydrogen (secondary N) is 5. The number of benzene rings is 2. The first-order valence-corrected chi connectivity index (χ1v) is 12.0. The van der Waals surface area contributed by atoms with E-state index in [1.54, 1.807) is 0 Å². The lowest BCUT2D eigenvalue weighted by atomic mass is 10.0. The van der Waals surface area contributed by atoms with Gasteiger partial charge in [-0.15, -0.1) is 0 Å². The van der Waals surface area contributed by atoms with E-state index in [-0.39, 0.29) is 30.2 Å². The van der Waals surface area contributed by atoms with E-state index >= 15 is 0 Å². The van der Waals surface area contributed by atoms with E-state index in [4.69, 9.17) is 16.9 Å². The summed E-state index contributed by atoms with van der Waals surface area (Å²) in [6, 6.07) is 17.3. The van der Waals surface area contributed by atoms with Crippen molar-refractivity contribution in [3.8, 4) is 0 Å². The van der Waals surface area contributed by atoms with Crippen LogP contribution >= 0.6 is 0 Å². The van der Waals surface area contributed by atoms with Gasteiger partial charge in [0, 0.05) is 32.5 Å². The Morgan fingerprint density at radius 2 is 1.44 bits per heavy atom. The zero-order chi connectivity index (χ0) is 26.3. The summed E-state index contributed by atoms with van der Waals surface area (Å²) in [5, 5.41) is 19.0. The van der Waals surface area contributed by atoms with Crippen molar-refractivity contribution in [3.05, 3.63) is 71.8 Å². The number of hydrogen-bond acceptors (Lipinski definition) is 5. The van der Waals surface area contributed by atoms with Crippen molar-refractivity contribution < 1.29 is 14.4 Å². The highest BCUT2D eigenvalue weighted by atomic mass is 16.2. The normalized spacial score (nSPS) is 13.1. The Bertz CT molecular complexity index is 986. The van der Waals surface area contributed by atoms with Crippen LogP contribution < -0.4 is 32.7 Å². The molecule has 10 nitrogen and oxygen atoms in total. The van der Waals surface area contributed by atoms with Crippen molar-refractivity contribution >= 4 is 23.7 Å². The van der Waals surface area contributed by atoms with Gasteiger partial charge >= 0.3 is 0 Å². The molecule has 10 heteroatoms. The van der Waals surface area contributed by atoms with E-state index in [1.165, 1.54) is 6.92 Å². The molecule has 0 bridgehead atoms. The highest BCUT2D eigenvalue weighted by Crippen LogP contribution is 2.07. The van der Waals surface area contributed by atoms with Gasteiger partial charge in [0.05, 0.1) is 6.04 Å². The summed E-state index contributed by atoms with van der Waals surface area (Å²) in [4.78, 5) is 37.1. The molecule has 3 amide bonds. The third kappa shape index (κ3) is 11.0. The molecule has 0 saturated heterocycles. The second kappa shape index (κ2) is 15.2. The lowest BCUT2D eigenvalue weighted by Gasteiger charge is -2.25. The zero-order valence-electron chi connectivity index (χ0n) is 20.6. The molecule has 194 valence electrons. The van der Waals surface area contributed by atoms with Gasteiger partial charge in [-0.3, -0.25) is 19.8 Å². The Kier molecular flexibility index (Phi) is 11.9. The zero-order valence-corrected chi connectivity index (χ0v) is 20.6. The van der Waals surface area contributed by atoms with Crippen LogP contribution in [0.15, 0.2) is 60.7 Å². The van der Waals surface area contributed by atoms with Crippen LogP contribution in [0.25, 0.3) is 0 Å². The van der Waals surface area contributed by atoms with Crippen LogP contribution in [0, 0.1) is 5.41 Å². The van der Waals surface area contributed by atoms with Gasteiger partial charge in [-0.05, 0) is 30.4 Å². The third-order valence-electron chi connectivity index (χ3n) is 5.59. The van der Waals surface area contributed by atoms with Crippen LogP contribution in [0.4, 0.5) is 0 Å². The smallest absolute Gasteiger partial charge is 0.240 e. The SMILES string of the molecule is CC(=O)NC(CNC(CCCNC(=N)N)C(=O)NC(Cc1ccccc1)C(N)=O)Cc1ccccc1. The first-order valence-electron chi connectivity index (χ1n) is 12.0. The Morgan fingerprint density at radius 1 is 0.861 bits per heavy atom. The molecule has 3 unspecified atom stereocenters. The van der Waals surface area contributed by atoms with E-state index < -0.39 is 18.0 Å². The Morgan fingerprint density at radius 3 is 1.97 bits per heavy atom. The second-order valence-electron chi connectivity index (χ2n) is 8.68. The fraction of sp³-hybridized carbons (Fsp3) is 0.385. The molecule has 0 aliphatic heterocycles. The Hall–Kier alpha value is -3.92. The largest absolute Gasteiger partial charge is 0.370 e. The summed E-state index contributed by atoms with van der Waals surface area (Å²) < 4.78 is 0. The van der Waals surface area contributed by atoms with E-state index in [1.807, 2.05) is 60.7 Å². The van der Waals surface area contributed by atoms with Gasteiger partial charge in [-0.25, -0.2) is 0 Å². The number of rotatable bonds is 15. The standard InChI is InChI=1S/C26H37N7O3/c1-18(34)32-21(15-19-9-4-2-5-10-19)17-31-22(13-8-14-30-26(28)29)25(36)33-23(24(27)35)16-20-11-6-3-7-12-20/h2-7,9-12,21-23,31H,8,13-17H2,1H3,(H2,27,35)(H,32,34)(H,33,36)(H4,28,29,30). The van der Waals surface area contributed by atoms with Gasteiger partial charge in [0.25, 0.3) is 0 Å². The van der Waals surface area contributed by atoms with Gasteiger partial charge in [0.15, 0.2) is 5.96 Å². The van der Waals surface area contributed by atoms with Crippen LogP contribution in [0.2, 0.25) is 0 Å². The highest BCUT2D eigenvalue weighted by Gasteiger charge is 2.25. The van der Waals surface area contributed by atoms with Crippen LogP contribution in [-0.2, 0) is 27.2 Å². The van der Waals surface area contributed by atoms with Crippen LogP contribution in [-0.4, -0.2) is 54.9 Å². The minimum Gasteiger partial charge on any atom is -0.370 e. The maximum absolute atomic E-state index is 13.2. The van der Waals surface area contributed by atoms with Gasteiger partial charge in [0.2, 0.25) is 17.7 Å². The molecule has 2 aromatic carbocycles. The minimum atomic E-state index is -0.866. The third-order valence-corrected chi connectivity index (χ3v) is 5.59. The highest BCUT2D eigenvalue weighted by molar-refractivity contribution is 5.89. The molecule has 2 rings (SSSR count). The van der Waals surface area contributed by atoms with Crippen molar-refractivity contribution in [2.24, 2.45) is 11.5 Å². The summed E-state index contributed by atoms with van der Waals surface area (Å²) >= 11 is 0. The average Bonchev–Trinajstić information content (AvgIpc) is 2.83. The molecule has 3 atom stereocenters. The summed E-state index contributed by atoms with van der Waals surface area (Å²) in [5.74, 6) is -1.29. The maximum atomic E-state index is 13.2. The molecule has 36 heavy (non-hydrogen) atoms. The van der Waals surface area contributed by atoms with Crippen LogP contribution in [0.3, 0.4) is 0 Å². The summed E-state index contributed by atoms with van der Waals surface area (Å²) in [6.07, 6.45) is 1.84. The van der Waals surface area contributed by atoms with Gasteiger partial charge in [-0.2, -0.15) is 0 Å². The minimum absolute atomic E-state index is 0.144. The summed E-state index contributed by atoms with van der Waals surface area (Å²) in [7, 11) is 0. The predicted octanol–water partition coefficient (Wildman–Crippen LogP) is 0.168. The molecule has 0 saturated carbocycles. The van der Waals surface area contributed by atoms with Crippen molar-refractivity contribution in [3.63, 3.8) is 0 Å².